The third-order valence-corrected chi connectivity index (χ3v) is 4.54. The number of nitrogens with one attached hydrogen (secondary N) is 3. The van der Waals surface area contributed by atoms with Gasteiger partial charge in [-0.1, -0.05) is 18.2 Å². The average Bonchev–Trinajstić information content (AvgIpc) is 2.70. The molecule has 0 saturated carbocycles. The zero-order valence-electron chi connectivity index (χ0n) is 18.4. The van der Waals surface area contributed by atoms with E-state index in [0.29, 0.717) is 18.9 Å². The number of nitrogens with zero attached hydrogens (tertiary/aromatic N) is 3. The third-order valence-electron chi connectivity index (χ3n) is 4.54. The molecule has 2 rings (SSSR count). The normalized spacial score (nSPS) is 14.6. The number of anilines is 1. The fourth-order valence-electron chi connectivity index (χ4n) is 3.15. The van der Waals surface area contributed by atoms with Gasteiger partial charge in [-0.25, -0.2) is 0 Å². The number of amides is 2. The van der Waals surface area contributed by atoms with Crippen LogP contribution in [-0.2, 0) is 9.59 Å². The summed E-state index contributed by atoms with van der Waals surface area (Å²) in [5, 5.41) is 8.94. The van der Waals surface area contributed by atoms with Gasteiger partial charge in [0.2, 0.25) is 11.8 Å². The van der Waals surface area contributed by atoms with Crippen LogP contribution in [0.1, 0.15) is 27.2 Å². The van der Waals surface area contributed by atoms with Gasteiger partial charge in [0.25, 0.3) is 0 Å². The molecular formula is C21H35IN6O2. The van der Waals surface area contributed by atoms with E-state index in [2.05, 4.69) is 38.0 Å². The second kappa shape index (κ2) is 12.6. The van der Waals surface area contributed by atoms with E-state index >= 15 is 0 Å². The number of guanidine groups is 1. The molecule has 0 radical (unpaired) electrons. The minimum Gasteiger partial charge on any atom is -0.368 e. The molecule has 1 aliphatic rings. The van der Waals surface area contributed by atoms with E-state index in [1.54, 1.807) is 7.05 Å². The molecule has 2 amide bonds. The maximum Gasteiger partial charge on any atom is 0.239 e. The summed E-state index contributed by atoms with van der Waals surface area (Å²) >= 11 is 0. The van der Waals surface area contributed by atoms with Crippen molar-refractivity contribution in [3.63, 3.8) is 0 Å². The topological polar surface area (TPSA) is 89.1 Å². The van der Waals surface area contributed by atoms with E-state index in [-0.39, 0.29) is 47.9 Å². The zero-order valence-corrected chi connectivity index (χ0v) is 20.7. The fourth-order valence-corrected chi connectivity index (χ4v) is 3.15. The minimum absolute atomic E-state index is 0. The molecule has 30 heavy (non-hydrogen) atoms. The molecule has 1 aromatic carbocycles. The summed E-state index contributed by atoms with van der Waals surface area (Å²) in [6.45, 7) is 9.55. The standard InChI is InChI=1S/C21H34N6O2.HI/c1-21(2,3)25-18(28)16-24-20(22-4)23-11-10-19(29)27-14-12-26(13-15-27)17-8-6-5-7-9-17;/h5-9H,10-16H2,1-4H3,(H,25,28)(H2,22,23,24);1H. The lowest BCUT2D eigenvalue weighted by Crippen LogP contribution is -2.50. The molecule has 0 bridgehead atoms. The summed E-state index contributed by atoms with van der Waals surface area (Å²) < 4.78 is 0. The smallest absolute Gasteiger partial charge is 0.239 e. The molecule has 168 valence electrons. The van der Waals surface area contributed by atoms with Crippen LogP contribution in [0.5, 0.6) is 0 Å². The third kappa shape index (κ3) is 9.19. The van der Waals surface area contributed by atoms with E-state index in [1.807, 2.05) is 43.9 Å². The summed E-state index contributed by atoms with van der Waals surface area (Å²) in [6, 6.07) is 10.3. The van der Waals surface area contributed by atoms with Crippen molar-refractivity contribution in [1.82, 2.24) is 20.9 Å². The van der Waals surface area contributed by atoms with Crippen LogP contribution in [0.3, 0.4) is 0 Å². The molecular weight excluding hydrogens is 495 g/mol. The number of aliphatic imine (C=N–C) groups is 1. The van der Waals surface area contributed by atoms with Gasteiger partial charge in [-0.05, 0) is 32.9 Å². The lowest BCUT2D eigenvalue weighted by atomic mass is 10.1. The number of carbonyl (C=O) groups is 2. The lowest BCUT2D eigenvalue weighted by Gasteiger charge is -2.36. The molecule has 3 N–H and O–H groups in total. The Kier molecular flexibility index (Phi) is 10.9. The first kappa shape index (κ1) is 26.0. The molecule has 0 unspecified atom stereocenters. The first-order chi connectivity index (χ1) is 13.8. The highest BCUT2D eigenvalue weighted by Crippen LogP contribution is 2.15. The van der Waals surface area contributed by atoms with Gasteiger partial charge in [0.05, 0.1) is 6.54 Å². The van der Waals surface area contributed by atoms with Crippen molar-refractivity contribution in [3.8, 4) is 0 Å². The van der Waals surface area contributed by atoms with Gasteiger partial charge in [-0.3, -0.25) is 14.6 Å². The summed E-state index contributed by atoms with van der Waals surface area (Å²) in [5.74, 6) is 0.537. The largest absolute Gasteiger partial charge is 0.368 e. The van der Waals surface area contributed by atoms with E-state index in [4.69, 9.17) is 0 Å². The van der Waals surface area contributed by atoms with Crippen molar-refractivity contribution in [2.24, 2.45) is 4.99 Å². The Morgan fingerprint density at radius 3 is 2.23 bits per heavy atom. The minimum atomic E-state index is -0.271. The van der Waals surface area contributed by atoms with Crippen LogP contribution in [0.2, 0.25) is 0 Å². The summed E-state index contributed by atoms with van der Waals surface area (Å²) in [6.07, 6.45) is 0.389. The average molecular weight is 530 g/mol. The van der Waals surface area contributed by atoms with Crippen molar-refractivity contribution in [2.45, 2.75) is 32.7 Å². The Labute approximate surface area is 196 Å². The van der Waals surface area contributed by atoms with Gasteiger partial charge in [-0.15, -0.1) is 24.0 Å². The number of benzene rings is 1. The highest BCUT2D eigenvalue weighted by atomic mass is 127. The fraction of sp³-hybridized carbons (Fsp3) is 0.571. The van der Waals surface area contributed by atoms with E-state index in [1.165, 1.54) is 5.69 Å². The SMILES string of the molecule is CN=C(NCCC(=O)N1CCN(c2ccccc2)CC1)NCC(=O)NC(C)(C)C.I. The maximum atomic E-state index is 12.5. The van der Waals surface area contributed by atoms with Gasteiger partial charge in [-0.2, -0.15) is 0 Å². The van der Waals surface area contributed by atoms with Crippen molar-refractivity contribution < 1.29 is 9.59 Å². The monoisotopic (exact) mass is 530 g/mol. The number of halogens is 1. The van der Waals surface area contributed by atoms with E-state index in [9.17, 15) is 9.59 Å². The molecule has 9 heteroatoms. The number of hydrogen-bond donors (Lipinski definition) is 3. The van der Waals surface area contributed by atoms with Crippen molar-refractivity contribution in [3.05, 3.63) is 30.3 Å². The molecule has 1 saturated heterocycles. The number of rotatable bonds is 6. The first-order valence-corrected chi connectivity index (χ1v) is 10.1. The van der Waals surface area contributed by atoms with Crippen molar-refractivity contribution in [1.29, 1.82) is 0 Å². The zero-order chi connectivity index (χ0) is 21.3. The van der Waals surface area contributed by atoms with Gasteiger partial charge >= 0.3 is 0 Å². The Morgan fingerprint density at radius 1 is 1.03 bits per heavy atom. The first-order valence-electron chi connectivity index (χ1n) is 10.1. The molecule has 1 fully saturated rings. The summed E-state index contributed by atoms with van der Waals surface area (Å²) in [5.41, 5.74) is 0.929. The Morgan fingerprint density at radius 2 is 1.67 bits per heavy atom. The van der Waals surface area contributed by atoms with Crippen LogP contribution in [0.4, 0.5) is 5.69 Å². The molecule has 1 aromatic rings. The number of carbonyl (C=O) groups excluding carboxylic acids is 2. The highest BCUT2D eigenvalue weighted by molar-refractivity contribution is 14.0. The molecule has 1 heterocycles. The Bertz CT molecular complexity index is 697. The van der Waals surface area contributed by atoms with Crippen LogP contribution < -0.4 is 20.9 Å². The maximum absolute atomic E-state index is 12.5. The molecule has 0 aromatic heterocycles. The second-order valence-electron chi connectivity index (χ2n) is 8.10. The highest BCUT2D eigenvalue weighted by Gasteiger charge is 2.21. The quantitative estimate of drug-likeness (QED) is 0.294. The molecule has 0 spiro atoms. The van der Waals surface area contributed by atoms with Crippen LogP contribution >= 0.6 is 24.0 Å². The van der Waals surface area contributed by atoms with Gasteiger partial charge in [0.1, 0.15) is 0 Å². The molecule has 0 atom stereocenters. The van der Waals surface area contributed by atoms with Gasteiger partial charge < -0.3 is 25.8 Å². The van der Waals surface area contributed by atoms with Gasteiger partial charge in [0.15, 0.2) is 5.96 Å². The van der Waals surface area contributed by atoms with Crippen LogP contribution in [0.15, 0.2) is 35.3 Å². The summed E-state index contributed by atoms with van der Waals surface area (Å²) in [4.78, 5) is 32.7. The number of hydrogen-bond acceptors (Lipinski definition) is 4. The Balaban J connectivity index is 0.00000450. The van der Waals surface area contributed by atoms with E-state index in [0.717, 1.165) is 26.2 Å². The number of piperazine rings is 1. The molecule has 8 nitrogen and oxygen atoms in total. The van der Waals surface area contributed by atoms with Crippen molar-refractivity contribution >= 4 is 47.4 Å². The lowest BCUT2D eigenvalue weighted by molar-refractivity contribution is -0.131. The van der Waals surface area contributed by atoms with Gasteiger partial charge in [0, 0.05) is 57.4 Å². The Hall–Kier alpha value is -2.04. The predicted molar refractivity (Wildman–Crippen MR) is 133 cm³/mol. The van der Waals surface area contributed by atoms with Crippen LogP contribution in [-0.4, -0.2) is 74.5 Å². The summed E-state index contributed by atoms with van der Waals surface area (Å²) in [7, 11) is 1.64. The molecule has 0 aliphatic carbocycles. The second-order valence-corrected chi connectivity index (χ2v) is 8.10. The van der Waals surface area contributed by atoms with Crippen LogP contribution in [0.25, 0.3) is 0 Å². The number of para-hydroxylation sites is 1. The van der Waals surface area contributed by atoms with E-state index < -0.39 is 0 Å². The molecule has 1 aliphatic heterocycles. The van der Waals surface area contributed by atoms with Crippen molar-refractivity contribution in [2.75, 3.05) is 51.2 Å². The van der Waals surface area contributed by atoms with Crippen LogP contribution in [0, 0.1) is 0 Å². The predicted octanol–water partition coefficient (Wildman–Crippen LogP) is 1.42.